The van der Waals surface area contributed by atoms with E-state index in [1.807, 2.05) is 12.1 Å². The molecular formula is C16H17N5O3S. The first-order valence-electron chi connectivity index (χ1n) is 7.53. The van der Waals surface area contributed by atoms with E-state index in [0.717, 1.165) is 0 Å². The maximum atomic E-state index is 12.6. The van der Waals surface area contributed by atoms with Crippen LogP contribution in [0.25, 0.3) is 5.65 Å². The standard InChI is InChI=1S/C16H17N5O3S/c1-11-6-7-13(18-12(2)22)9-14(11)25(23,24)17-10-16-20-19-15-5-3-4-8-21(15)16/h3-9,17H,10H2,1-2H3,(H,18,22). The minimum Gasteiger partial charge on any atom is -0.326 e. The molecule has 2 aromatic heterocycles. The van der Waals surface area contributed by atoms with Gasteiger partial charge in [0.25, 0.3) is 0 Å². The van der Waals surface area contributed by atoms with Crippen molar-refractivity contribution >= 4 is 27.3 Å². The summed E-state index contributed by atoms with van der Waals surface area (Å²) >= 11 is 0. The highest BCUT2D eigenvalue weighted by Crippen LogP contribution is 2.20. The maximum Gasteiger partial charge on any atom is 0.241 e. The van der Waals surface area contributed by atoms with Crippen molar-refractivity contribution in [1.29, 1.82) is 0 Å². The number of amides is 1. The molecule has 0 radical (unpaired) electrons. The minimum atomic E-state index is -3.78. The first kappa shape index (κ1) is 17.1. The molecule has 2 N–H and O–H groups in total. The lowest BCUT2D eigenvalue weighted by Crippen LogP contribution is -2.25. The molecule has 25 heavy (non-hydrogen) atoms. The van der Waals surface area contributed by atoms with Crippen LogP contribution < -0.4 is 10.0 Å². The van der Waals surface area contributed by atoms with Gasteiger partial charge in [-0.05, 0) is 36.8 Å². The van der Waals surface area contributed by atoms with Crippen molar-refractivity contribution < 1.29 is 13.2 Å². The normalized spacial score (nSPS) is 11.6. The molecule has 0 saturated carbocycles. The molecule has 0 aliphatic rings. The molecule has 3 aromatic rings. The van der Waals surface area contributed by atoms with E-state index in [9.17, 15) is 13.2 Å². The highest BCUT2D eigenvalue weighted by Gasteiger charge is 2.18. The van der Waals surface area contributed by atoms with E-state index in [1.54, 1.807) is 35.7 Å². The van der Waals surface area contributed by atoms with E-state index in [2.05, 4.69) is 20.2 Å². The number of aromatic nitrogens is 3. The third kappa shape index (κ3) is 3.67. The Morgan fingerprint density at radius 3 is 2.76 bits per heavy atom. The molecule has 8 nitrogen and oxygen atoms in total. The summed E-state index contributed by atoms with van der Waals surface area (Å²) in [5, 5.41) is 10.6. The van der Waals surface area contributed by atoms with E-state index in [4.69, 9.17) is 0 Å². The van der Waals surface area contributed by atoms with Crippen LogP contribution in [0.3, 0.4) is 0 Å². The van der Waals surface area contributed by atoms with Gasteiger partial charge in [-0.25, -0.2) is 13.1 Å². The zero-order chi connectivity index (χ0) is 18.0. The van der Waals surface area contributed by atoms with E-state index < -0.39 is 10.0 Å². The van der Waals surface area contributed by atoms with Crippen LogP contribution in [0.5, 0.6) is 0 Å². The zero-order valence-corrected chi connectivity index (χ0v) is 14.5. The first-order valence-corrected chi connectivity index (χ1v) is 9.02. The highest BCUT2D eigenvalue weighted by atomic mass is 32.2. The predicted octanol–water partition coefficient (Wildman–Crippen LogP) is 1.47. The van der Waals surface area contributed by atoms with Gasteiger partial charge in [-0.3, -0.25) is 9.20 Å². The molecule has 0 aliphatic heterocycles. The Bertz CT molecular complexity index is 1040. The van der Waals surface area contributed by atoms with Crippen LogP contribution in [-0.2, 0) is 21.4 Å². The van der Waals surface area contributed by atoms with Crippen molar-refractivity contribution in [3.63, 3.8) is 0 Å². The number of aryl methyl sites for hydroxylation is 1. The van der Waals surface area contributed by atoms with Crippen molar-refractivity contribution in [2.75, 3.05) is 5.32 Å². The topological polar surface area (TPSA) is 105 Å². The summed E-state index contributed by atoms with van der Waals surface area (Å²) in [6.45, 7) is 3.05. The number of pyridine rings is 1. The fourth-order valence-electron chi connectivity index (χ4n) is 2.42. The first-order chi connectivity index (χ1) is 11.9. The second-order valence-corrected chi connectivity index (χ2v) is 7.27. The summed E-state index contributed by atoms with van der Waals surface area (Å²) in [6, 6.07) is 10.2. The molecular weight excluding hydrogens is 342 g/mol. The van der Waals surface area contributed by atoms with Crippen molar-refractivity contribution in [2.45, 2.75) is 25.3 Å². The Balaban J connectivity index is 1.85. The van der Waals surface area contributed by atoms with Crippen LogP contribution in [0.15, 0.2) is 47.5 Å². The third-order valence-electron chi connectivity index (χ3n) is 3.60. The molecule has 0 atom stereocenters. The Morgan fingerprint density at radius 1 is 1.20 bits per heavy atom. The predicted molar refractivity (Wildman–Crippen MR) is 92.5 cm³/mol. The van der Waals surface area contributed by atoms with Gasteiger partial charge < -0.3 is 5.32 Å². The maximum absolute atomic E-state index is 12.6. The smallest absolute Gasteiger partial charge is 0.241 e. The lowest BCUT2D eigenvalue weighted by Gasteiger charge is -2.11. The van der Waals surface area contributed by atoms with Crippen LogP contribution in [0, 0.1) is 6.92 Å². The number of hydrogen-bond acceptors (Lipinski definition) is 5. The second-order valence-electron chi connectivity index (χ2n) is 5.53. The number of sulfonamides is 1. The zero-order valence-electron chi connectivity index (χ0n) is 13.7. The lowest BCUT2D eigenvalue weighted by molar-refractivity contribution is -0.114. The van der Waals surface area contributed by atoms with E-state index in [-0.39, 0.29) is 17.3 Å². The number of rotatable bonds is 5. The molecule has 0 fully saturated rings. The molecule has 0 aliphatic carbocycles. The van der Waals surface area contributed by atoms with Gasteiger partial charge in [0.15, 0.2) is 11.5 Å². The number of carbonyl (C=O) groups is 1. The van der Waals surface area contributed by atoms with Gasteiger partial charge >= 0.3 is 0 Å². The Hall–Kier alpha value is -2.78. The van der Waals surface area contributed by atoms with Gasteiger partial charge in [0.1, 0.15) is 0 Å². The van der Waals surface area contributed by atoms with Gasteiger partial charge in [-0.1, -0.05) is 12.1 Å². The molecule has 1 amide bonds. The fourth-order valence-corrected chi connectivity index (χ4v) is 3.67. The highest BCUT2D eigenvalue weighted by molar-refractivity contribution is 7.89. The number of nitrogens with one attached hydrogen (secondary N) is 2. The molecule has 3 rings (SSSR count). The van der Waals surface area contributed by atoms with Crippen molar-refractivity contribution in [1.82, 2.24) is 19.3 Å². The third-order valence-corrected chi connectivity index (χ3v) is 5.15. The lowest BCUT2D eigenvalue weighted by atomic mass is 10.2. The quantitative estimate of drug-likeness (QED) is 0.718. The Kier molecular flexibility index (Phi) is 4.51. The average molecular weight is 359 g/mol. The molecule has 9 heteroatoms. The van der Waals surface area contributed by atoms with Crippen LogP contribution in [0.2, 0.25) is 0 Å². The number of benzene rings is 1. The van der Waals surface area contributed by atoms with E-state index in [0.29, 0.717) is 22.7 Å². The average Bonchev–Trinajstić information content (AvgIpc) is 2.97. The summed E-state index contributed by atoms with van der Waals surface area (Å²) in [5.74, 6) is 0.213. The number of carbonyl (C=O) groups excluding carboxylic acids is 1. The number of fused-ring (bicyclic) bond motifs is 1. The second kappa shape index (κ2) is 6.61. The summed E-state index contributed by atoms with van der Waals surface area (Å²) in [6.07, 6.45) is 1.77. The van der Waals surface area contributed by atoms with Gasteiger partial charge in [-0.2, -0.15) is 0 Å². The summed E-state index contributed by atoms with van der Waals surface area (Å²) in [5.41, 5.74) is 1.64. The molecule has 1 aromatic carbocycles. The number of anilines is 1. The molecule has 0 unspecified atom stereocenters. The van der Waals surface area contributed by atoms with Gasteiger partial charge in [0, 0.05) is 18.8 Å². The van der Waals surface area contributed by atoms with E-state index in [1.165, 1.54) is 13.0 Å². The SMILES string of the molecule is CC(=O)Nc1ccc(C)c(S(=O)(=O)NCc2nnc3ccccn23)c1. The number of hydrogen-bond donors (Lipinski definition) is 2. The van der Waals surface area contributed by atoms with Crippen molar-refractivity contribution in [3.8, 4) is 0 Å². The molecule has 2 heterocycles. The Labute approximate surface area is 144 Å². The summed E-state index contributed by atoms with van der Waals surface area (Å²) in [7, 11) is -3.78. The molecule has 0 spiro atoms. The largest absolute Gasteiger partial charge is 0.326 e. The minimum absolute atomic E-state index is 0.00266. The summed E-state index contributed by atoms with van der Waals surface area (Å²) in [4.78, 5) is 11.3. The molecule has 130 valence electrons. The van der Waals surface area contributed by atoms with Crippen LogP contribution in [0.1, 0.15) is 18.3 Å². The monoisotopic (exact) mass is 359 g/mol. The Morgan fingerprint density at radius 2 is 2.00 bits per heavy atom. The van der Waals surface area contributed by atoms with Gasteiger partial charge in [-0.15, -0.1) is 10.2 Å². The number of nitrogens with zero attached hydrogens (tertiary/aromatic N) is 3. The van der Waals surface area contributed by atoms with Gasteiger partial charge in [0.2, 0.25) is 15.9 Å². The van der Waals surface area contributed by atoms with Crippen LogP contribution >= 0.6 is 0 Å². The van der Waals surface area contributed by atoms with Crippen LogP contribution in [0.4, 0.5) is 5.69 Å². The van der Waals surface area contributed by atoms with Crippen LogP contribution in [-0.4, -0.2) is 28.9 Å². The molecule has 0 bridgehead atoms. The van der Waals surface area contributed by atoms with E-state index >= 15 is 0 Å². The van der Waals surface area contributed by atoms with Gasteiger partial charge in [0.05, 0.1) is 11.4 Å². The fraction of sp³-hybridized carbons (Fsp3) is 0.188. The molecule has 0 saturated heterocycles. The van der Waals surface area contributed by atoms with Crippen molar-refractivity contribution in [3.05, 3.63) is 54.0 Å². The van der Waals surface area contributed by atoms with Crippen molar-refractivity contribution in [2.24, 2.45) is 0 Å². The summed E-state index contributed by atoms with van der Waals surface area (Å²) < 4.78 is 29.5.